The van der Waals surface area contributed by atoms with Gasteiger partial charge in [-0.15, -0.1) is 10.3 Å². The first-order valence-corrected chi connectivity index (χ1v) is 5.63. The third-order valence-corrected chi connectivity index (χ3v) is 3.69. The SMILES string of the molecule is CC1(C)CCC(C)(c2cccc(O)c2)N1[O]. The molecule has 1 unspecified atom stereocenters. The van der Waals surface area contributed by atoms with Crippen molar-refractivity contribution in [2.75, 3.05) is 0 Å². The molecule has 87 valence electrons. The first-order chi connectivity index (χ1) is 7.36. The largest absolute Gasteiger partial charge is 0.508 e. The van der Waals surface area contributed by atoms with Crippen LogP contribution >= 0.6 is 0 Å². The van der Waals surface area contributed by atoms with Gasteiger partial charge in [-0.05, 0) is 51.3 Å². The Bertz CT molecular complexity index is 403. The molecule has 1 aromatic rings. The van der Waals surface area contributed by atoms with Gasteiger partial charge < -0.3 is 5.11 Å². The van der Waals surface area contributed by atoms with Crippen molar-refractivity contribution in [3.63, 3.8) is 0 Å². The molecule has 0 saturated carbocycles. The summed E-state index contributed by atoms with van der Waals surface area (Å²) in [5, 5.41) is 23.0. The number of aromatic hydroxyl groups is 1. The van der Waals surface area contributed by atoms with Crippen molar-refractivity contribution in [1.29, 1.82) is 0 Å². The summed E-state index contributed by atoms with van der Waals surface area (Å²) in [4.78, 5) is 0. The van der Waals surface area contributed by atoms with Gasteiger partial charge in [0.2, 0.25) is 0 Å². The normalized spacial score (nSPS) is 29.5. The molecule has 1 heterocycles. The highest BCUT2D eigenvalue weighted by Crippen LogP contribution is 2.46. The first-order valence-electron chi connectivity index (χ1n) is 5.63. The lowest BCUT2D eigenvalue weighted by molar-refractivity contribution is -0.252. The van der Waals surface area contributed by atoms with E-state index < -0.39 is 5.54 Å². The van der Waals surface area contributed by atoms with Gasteiger partial charge in [0, 0.05) is 5.54 Å². The second-order valence-corrected chi connectivity index (χ2v) is 5.43. The molecular formula is C13H18NO2. The molecule has 1 aromatic carbocycles. The van der Waals surface area contributed by atoms with Crippen LogP contribution in [-0.2, 0) is 10.7 Å². The van der Waals surface area contributed by atoms with E-state index in [1.165, 1.54) is 5.06 Å². The number of hydroxylamine groups is 2. The van der Waals surface area contributed by atoms with E-state index in [1.807, 2.05) is 26.8 Å². The summed E-state index contributed by atoms with van der Waals surface area (Å²) in [7, 11) is 0. The van der Waals surface area contributed by atoms with Gasteiger partial charge >= 0.3 is 0 Å². The molecular weight excluding hydrogens is 202 g/mol. The zero-order valence-electron chi connectivity index (χ0n) is 10.0. The number of hydrogen-bond acceptors (Lipinski definition) is 2. The van der Waals surface area contributed by atoms with Crippen LogP contribution in [0.15, 0.2) is 24.3 Å². The van der Waals surface area contributed by atoms with Crippen molar-refractivity contribution in [2.45, 2.75) is 44.7 Å². The van der Waals surface area contributed by atoms with Gasteiger partial charge in [0.05, 0.1) is 5.54 Å². The molecule has 3 heteroatoms. The Balaban J connectivity index is 2.41. The molecule has 0 aliphatic carbocycles. The van der Waals surface area contributed by atoms with Crippen molar-refractivity contribution in [3.05, 3.63) is 29.8 Å². The molecule has 0 amide bonds. The molecule has 1 atom stereocenters. The zero-order valence-corrected chi connectivity index (χ0v) is 10.0. The number of rotatable bonds is 1. The van der Waals surface area contributed by atoms with Crippen LogP contribution < -0.4 is 0 Å². The van der Waals surface area contributed by atoms with Gasteiger partial charge in [0.1, 0.15) is 5.75 Å². The highest BCUT2D eigenvalue weighted by atomic mass is 16.5. The Morgan fingerprint density at radius 1 is 1.25 bits per heavy atom. The van der Waals surface area contributed by atoms with Gasteiger partial charge in [-0.1, -0.05) is 12.1 Å². The minimum atomic E-state index is -0.512. The zero-order chi connectivity index (χ0) is 12.0. The van der Waals surface area contributed by atoms with Gasteiger partial charge in [-0.3, -0.25) is 0 Å². The van der Waals surface area contributed by atoms with Crippen molar-refractivity contribution in [2.24, 2.45) is 0 Å². The van der Waals surface area contributed by atoms with Crippen molar-refractivity contribution < 1.29 is 10.3 Å². The van der Waals surface area contributed by atoms with Crippen LogP contribution in [0.1, 0.15) is 39.2 Å². The van der Waals surface area contributed by atoms with Gasteiger partial charge in [0.15, 0.2) is 0 Å². The molecule has 1 radical (unpaired) electrons. The van der Waals surface area contributed by atoms with E-state index in [9.17, 15) is 10.3 Å². The monoisotopic (exact) mass is 220 g/mol. The summed E-state index contributed by atoms with van der Waals surface area (Å²) in [6, 6.07) is 7.01. The van der Waals surface area contributed by atoms with E-state index in [0.29, 0.717) is 0 Å². The summed E-state index contributed by atoms with van der Waals surface area (Å²) < 4.78 is 0. The first kappa shape index (κ1) is 11.4. The molecule has 1 aliphatic heterocycles. The maximum absolute atomic E-state index is 12.3. The molecule has 0 bridgehead atoms. The Morgan fingerprint density at radius 2 is 1.94 bits per heavy atom. The lowest BCUT2D eigenvalue weighted by atomic mass is 9.90. The van der Waals surface area contributed by atoms with E-state index in [4.69, 9.17) is 0 Å². The Labute approximate surface area is 96.3 Å². The average Bonchev–Trinajstić information content (AvgIpc) is 2.44. The molecule has 1 saturated heterocycles. The Morgan fingerprint density at radius 3 is 2.44 bits per heavy atom. The predicted octanol–water partition coefficient (Wildman–Crippen LogP) is 2.83. The van der Waals surface area contributed by atoms with Crippen LogP contribution in [0.5, 0.6) is 5.75 Å². The molecule has 3 nitrogen and oxygen atoms in total. The summed E-state index contributed by atoms with van der Waals surface area (Å²) in [6.07, 6.45) is 1.70. The maximum Gasteiger partial charge on any atom is 0.115 e. The molecule has 1 aliphatic rings. The van der Waals surface area contributed by atoms with Gasteiger partial charge in [-0.2, -0.15) is 0 Å². The van der Waals surface area contributed by atoms with E-state index in [-0.39, 0.29) is 11.3 Å². The van der Waals surface area contributed by atoms with Crippen molar-refractivity contribution >= 4 is 0 Å². The molecule has 16 heavy (non-hydrogen) atoms. The molecule has 2 rings (SSSR count). The maximum atomic E-state index is 12.3. The van der Waals surface area contributed by atoms with E-state index >= 15 is 0 Å². The Kier molecular flexibility index (Phi) is 2.48. The topological polar surface area (TPSA) is 43.4 Å². The predicted molar refractivity (Wildman–Crippen MR) is 61.3 cm³/mol. The highest BCUT2D eigenvalue weighted by Gasteiger charge is 2.49. The molecule has 0 spiro atoms. The number of benzene rings is 1. The summed E-state index contributed by atoms with van der Waals surface area (Å²) in [5.41, 5.74) is 0.0655. The van der Waals surface area contributed by atoms with E-state index in [0.717, 1.165) is 18.4 Å². The summed E-state index contributed by atoms with van der Waals surface area (Å²) >= 11 is 0. The van der Waals surface area contributed by atoms with Crippen molar-refractivity contribution in [3.8, 4) is 5.75 Å². The number of phenolic OH excluding ortho intramolecular Hbond substituents is 1. The fraction of sp³-hybridized carbons (Fsp3) is 0.538. The number of nitrogens with zero attached hydrogens (tertiary/aromatic N) is 1. The lowest BCUT2D eigenvalue weighted by Crippen LogP contribution is -2.44. The summed E-state index contributed by atoms with van der Waals surface area (Å²) in [5.74, 6) is 0.219. The van der Waals surface area contributed by atoms with Crippen LogP contribution in [-0.4, -0.2) is 15.7 Å². The standard InChI is InChI=1S/C13H18NO2/c1-12(2)7-8-13(3,14(12)16)10-5-4-6-11(15)9-10/h4-6,9,15H,7-8H2,1-3H3. The second-order valence-electron chi connectivity index (χ2n) is 5.43. The molecule has 0 aromatic heterocycles. The second kappa shape index (κ2) is 3.47. The van der Waals surface area contributed by atoms with Crippen LogP contribution in [0.25, 0.3) is 0 Å². The average molecular weight is 220 g/mol. The third-order valence-electron chi connectivity index (χ3n) is 3.69. The number of hydrogen-bond donors (Lipinski definition) is 1. The van der Waals surface area contributed by atoms with Crippen LogP contribution in [0.2, 0.25) is 0 Å². The van der Waals surface area contributed by atoms with E-state index in [1.54, 1.807) is 18.2 Å². The highest BCUT2D eigenvalue weighted by molar-refractivity contribution is 5.33. The van der Waals surface area contributed by atoms with Crippen molar-refractivity contribution in [1.82, 2.24) is 5.06 Å². The molecule has 1 fully saturated rings. The minimum absolute atomic E-state index is 0.219. The van der Waals surface area contributed by atoms with Gasteiger partial charge in [-0.25, -0.2) is 0 Å². The summed E-state index contributed by atoms with van der Waals surface area (Å²) in [6.45, 7) is 5.88. The lowest BCUT2D eigenvalue weighted by Gasteiger charge is -2.35. The fourth-order valence-corrected chi connectivity index (χ4v) is 2.52. The van der Waals surface area contributed by atoms with Crippen LogP contribution in [0.3, 0.4) is 0 Å². The Hall–Kier alpha value is -1.06. The van der Waals surface area contributed by atoms with E-state index in [2.05, 4.69) is 0 Å². The fourth-order valence-electron chi connectivity index (χ4n) is 2.52. The quantitative estimate of drug-likeness (QED) is 0.790. The van der Waals surface area contributed by atoms with Crippen LogP contribution in [0.4, 0.5) is 0 Å². The molecule has 1 N–H and O–H groups in total. The van der Waals surface area contributed by atoms with Gasteiger partial charge in [0.25, 0.3) is 0 Å². The smallest absolute Gasteiger partial charge is 0.115 e. The van der Waals surface area contributed by atoms with Crippen LogP contribution in [0, 0.1) is 0 Å². The number of phenols is 1. The third kappa shape index (κ3) is 1.60. The minimum Gasteiger partial charge on any atom is -0.508 e.